The van der Waals surface area contributed by atoms with Gasteiger partial charge in [-0.05, 0) is 42.5 Å². The van der Waals surface area contributed by atoms with Crippen LogP contribution in [0.2, 0.25) is 0 Å². The van der Waals surface area contributed by atoms with Gasteiger partial charge in [0.25, 0.3) is 0 Å². The Kier molecular flexibility index (Phi) is 7.77. The van der Waals surface area contributed by atoms with E-state index in [9.17, 15) is 16.8 Å². The molecule has 1 saturated heterocycles. The first-order valence-electron chi connectivity index (χ1n) is 11.0. The van der Waals surface area contributed by atoms with Crippen molar-refractivity contribution in [3.05, 3.63) is 60.8 Å². The van der Waals surface area contributed by atoms with Crippen LogP contribution in [-0.2, 0) is 24.6 Å². The number of nitrogens with zero attached hydrogens (tertiary/aromatic N) is 3. The number of nitrogens with one attached hydrogen (secondary N) is 2. The van der Waals surface area contributed by atoms with Gasteiger partial charge in [0.2, 0.25) is 16.0 Å². The van der Waals surface area contributed by atoms with Crippen LogP contribution in [0.4, 0.5) is 11.6 Å². The number of anilines is 2. The molecular weight excluding hydrogens is 490 g/mol. The molecule has 0 spiro atoms. The van der Waals surface area contributed by atoms with Crippen LogP contribution >= 0.6 is 0 Å². The van der Waals surface area contributed by atoms with Gasteiger partial charge in [0.05, 0.1) is 28.7 Å². The number of rotatable bonds is 9. The van der Waals surface area contributed by atoms with Gasteiger partial charge in [0.15, 0.2) is 9.84 Å². The summed E-state index contributed by atoms with van der Waals surface area (Å²) in [4.78, 5) is 11.2. The first kappa shape index (κ1) is 25.2. The van der Waals surface area contributed by atoms with Gasteiger partial charge in [0.1, 0.15) is 0 Å². The summed E-state index contributed by atoms with van der Waals surface area (Å²) in [5, 5.41) is 3.06. The third kappa shape index (κ3) is 6.83. The molecule has 2 aromatic carbocycles. The highest BCUT2D eigenvalue weighted by Gasteiger charge is 2.16. The molecule has 1 aliphatic heterocycles. The van der Waals surface area contributed by atoms with Gasteiger partial charge in [-0.1, -0.05) is 12.1 Å². The first-order chi connectivity index (χ1) is 16.7. The van der Waals surface area contributed by atoms with Crippen LogP contribution in [-0.4, -0.2) is 77.4 Å². The fourth-order valence-corrected chi connectivity index (χ4v) is 5.20. The molecule has 0 amide bonds. The van der Waals surface area contributed by atoms with Gasteiger partial charge in [-0.15, -0.1) is 0 Å². The van der Waals surface area contributed by atoms with Crippen molar-refractivity contribution in [2.45, 2.75) is 9.79 Å². The van der Waals surface area contributed by atoms with Crippen LogP contribution in [0.15, 0.2) is 70.6 Å². The molecule has 0 atom stereocenters. The van der Waals surface area contributed by atoms with E-state index in [1.54, 1.807) is 36.5 Å². The molecule has 4 rings (SSSR count). The summed E-state index contributed by atoms with van der Waals surface area (Å²) in [6, 6.07) is 14.5. The van der Waals surface area contributed by atoms with Crippen molar-refractivity contribution in [1.82, 2.24) is 19.6 Å². The predicted molar refractivity (Wildman–Crippen MR) is 133 cm³/mol. The molecular formula is C23H27N5O5S2. The van der Waals surface area contributed by atoms with Gasteiger partial charge in [-0.2, -0.15) is 0 Å². The minimum atomic E-state index is -3.62. The molecule has 2 N–H and O–H groups in total. The highest BCUT2D eigenvalue weighted by molar-refractivity contribution is 7.90. The maximum atomic E-state index is 12.6. The number of hydrogen-bond donors (Lipinski definition) is 2. The summed E-state index contributed by atoms with van der Waals surface area (Å²) in [7, 11) is -6.89. The molecule has 12 heteroatoms. The average Bonchev–Trinajstić information content (AvgIpc) is 2.85. The monoisotopic (exact) mass is 517 g/mol. The summed E-state index contributed by atoms with van der Waals surface area (Å²) in [6.07, 6.45) is 2.75. The molecule has 186 valence electrons. The highest BCUT2D eigenvalue weighted by atomic mass is 32.2. The lowest BCUT2D eigenvalue weighted by atomic mass is 10.1. The molecule has 1 aliphatic rings. The van der Waals surface area contributed by atoms with Crippen LogP contribution in [0.1, 0.15) is 0 Å². The Hall–Kier alpha value is -2.90. The molecule has 0 radical (unpaired) electrons. The Balaban J connectivity index is 1.38. The number of ether oxygens (including phenoxy) is 1. The Morgan fingerprint density at radius 2 is 1.57 bits per heavy atom. The second-order valence-corrected chi connectivity index (χ2v) is 11.8. The number of hydrogen-bond acceptors (Lipinski definition) is 9. The summed E-state index contributed by atoms with van der Waals surface area (Å²) in [5.74, 6) is 0.328. The maximum Gasteiger partial charge on any atom is 0.240 e. The van der Waals surface area contributed by atoms with Gasteiger partial charge >= 0.3 is 0 Å². The normalized spacial score (nSPS) is 15.1. The number of benzene rings is 2. The Bertz CT molecular complexity index is 1360. The lowest BCUT2D eigenvalue weighted by molar-refractivity contribution is 0.0390. The van der Waals surface area contributed by atoms with Crippen molar-refractivity contribution in [2.75, 3.05) is 51.0 Å². The number of sulfonamides is 1. The average molecular weight is 518 g/mol. The standard InChI is InChI=1S/C23H27N5O5S2/c1-34(29,30)20-6-2-18(3-7-20)22-10-11-24-23(27-22)26-19-4-8-21(9-5-19)35(31,32)25-12-13-28-14-16-33-17-15-28/h2-11,25H,12-17H2,1H3,(H,24,26,27). The summed E-state index contributed by atoms with van der Waals surface area (Å²) in [5.41, 5.74) is 1.99. The van der Waals surface area contributed by atoms with Gasteiger partial charge in [0, 0.05) is 49.9 Å². The number of sulfone groups is 1. The molecule has 1 fully saturated rings. The van der Waals surface area contributed by atoms with Crippen LogP contribution in [0.3, 0.4) is 0 Å². The number of morpholine rings is 1. The van der Waals surface area contributed by atoms with Crippen molar-refractivity contribution in [3.8, 4) is 11.3 Å². The highest BCUT2D eigenvalue weighted by Crippen LogP contribution is 2.22. The molecule has 0 saturated carbocycles. The molecule has 0 bridgehead atoms. The lowest BCUT2D eigenvalue weighted by Gasteiger charge is -2.26. The van der Waals surface area contributed by atoms with E-state index in [4.69, 9.17) is 4.74 Å². The zero-order chi connectivity index (χ0) is 24.9. The van der Waals surface area contributed by atoms with Crippen LogP contribution < -0.4 is 10.0 Å². The molecule has 1 aromatic heterocycles. The fourth-order valence-electron chi connectivity index (χ4n) is 3.55. The third-order valence-electron chi connectivity index (χ3n) is 5.48. The Labute approximate surface area is 205 Å². The van der Waals surface area contributed by atoms with Crippen LogP contribution in [0.25, 0.3) is 11.3 Å². The topological polar surface area (TPSA) is 131 Å². The van der Waals surface area contributed by atoms with Crippen molar-refractivity contribution >= 4 is 31.5 Å². The Morgan fingerprint density at radius 1 is 0.914 bits per heavy atom. The smallest absolute Gasteiger partial charge is 0.240 e. The van der Waals surface area contributed by atoms with Crippen molar-refractivity contribution < 1.29 is 21.6 Å². The zero-order valence-corrected chi connectivity index (χ0v) is 20.8. The van der Waals surface area contributed by atoms with E-state index in [1.807, 2.05) is 0 Å². The summed E-state index contributed by atoms with van der Waals surface area (Å²) >= 11 is 0. The summed E-state index contributed by atoms with van der Waals surface area (Å²) in [6.45, 7) is 3.91. The largest absolute Gasteiger partial charge is 0.379 e. The SMILES string of the molecule is CS(=O)(=O)c1ccc(-c2ccnc(Nc3ccc(S(=O)(=O)NCCN4CCOCC4)cc3)n2)cc1. The first-order valence-corrected chi connectivity index (χ1v) is 14.4. The summed E-state index contributed by atoms with van der Waals surface area (Å²) < 4.78 is 56.4. The molecule has 2 heterocycles. The van der Waals surface area contributed by atoms with E-state index in [0.29, 0.717) is 43.6 Å². The molecule has 0 unspecified atom stereocenters. The van der Waals surface area contributed by atoms with Crippen molar-refractivity contribution in [3.63, 3.8) is 0 Å². The second kappa shape index (κ2) is 10.8. The Morgan fingerprint density at radius 3 is 2.23 bits per heavy atom. The van der Waals surface area contributed by atoms with Gasteiger partial charge in [-0.25, -0.2) is 31.5 Å². The molecule has 3 aromatic rings. The molecule has 0 aliphatic carbocycles. The maximum absolute atomic E-state index is 12.6. The van der Waals surface area contributed by atoms with Gasteiger partial charge in [-0.3, -0.25) is 4.90 Å². The van der Waals surface area contributed by atoms with Crippen LogP contribution in [0.5, 0.6) is 0 Å². The minimum absolute atomic E-state index is 0.172. The fraction of sp³-hybridized carbons (Fsp3) is 0.304. The van der Waals surface area contributed by atoms with E-state index in [1.165, 1.54) is 24.3 Å². The van der Waals surface area contributed by atoms with E-state index in [0.717, 1.165) is 24.9 Å². The van der Waals surface area contributed by atoms with Crippen LogP contribution in [0, 0.1) is 0 Å². The van der Waals surface area contributed by atoms with Crippen molar-refractivity contribution in [2.24, 2.45) is 0 Å². The van der Waals surface area contributed by atoms with E-state index in [2.05, 4.69) is 24.9 Å². The molecule has 10 nitrogen and oxygen atoms in total. The number of aromatic nitrogens is 2. The minimum Gasteiger partial charge on any atom is -0.379 e. The predicted octanol–water partition coefficient (Wildman–Crippen LogP) is 1.90. The molecule has 35 heavy (non-hydrogen) atoms. The van der Waals surface area contributed by atoms with Crippen molar-refractivity contribution in [1.29, 1.82) is 0 Å². The van der Waals surface area contributed by atoms with E-state index < -0.39 is 19.9 Å². The van der Waals surface area contributed by atoms with E-state index in [-0.39, 0.29) is 9.79 Å². The lowest BCUT2D eigenvalue weighted by Crippen LogP contribution is -2.41. The second-order valence-electron chi connectivity index (χ2n) is 8.06. The third-order valence-corrected chi connectivity index (χ3v) is 8.08. The quantitative estimate of drug-likeness (QED) is 0.437. The van der Waals surface area contributed by atoms with Gasteiger partial charge < -0.3 is 10.1 Å². The zero-order valence-electron chi connectivity index (χ0n) is 19.2. The van der Waals surface area contributed by atoms with E-state index >= 15 is 0 Å².